The maximum absolute atomic E-state index is 9.36. The maximum Gasteiger partial charge on any atom is 0.234 e. The molecule has 114 valence electrons. The van der Waals surface area contributed by atoms with Crippen LogP contribution in [0.1, 0.15) is 37.4 Å². The molecule has 1 aliphatic heterocycles. The van der Waals surface area contributed by atoms with Gasteiger partial charge >= 0.3 is 0 Å². The van der Waals surface area contributed by atoms with Gasteiger partial charge in [0.25, 0.3) is 0 Å². The quantitative estimate of drug-likeness (QED) is 0.868. The minimum atomic E-state index is 0.409. The number of oxazole rings is 1. The van der Waals surface area contributed by atoms with Crippen LogP contribution in [-0.4, -0.2) is 18.1 Å². The Morgan fingerprint density at radius 2 is 1.91 bits per heavy atom. The third-order valence-corrected chi connectivity index (χ3v) is 4.11. The SMILES string of the molecule is C[C@@H]1C[C@@H](C)CN(c2oc(Cc3ccccc3)nc2C#N)C1. The Balaban J connectivity index is 1.84. The van der Waals surface area contributed by atoms with E-state index in [0.717, 1.165) is 18.7 Å². The van der Waals surface area contributed by atoms with Gasteiger partial charge in [-0.1, -0.05) is 44.2 Å². The summed E-state index contributed by atoms with van der Waals surface area (Å²) >= 11 is 0. The number of hydrogen-bond acceptors (Lipinski definition) is 4. The van der Waals surface area contributed by atoms with Crippen LogP contribution in [0.15, 0.2) is 34.7 Å². The van der Waals surface area contributed by atoms with E-state index in [1.54, 1.807) is 0 Å². The first-order valence-corrected chi connectivity index (χ1v) is 7.84. The second kappa shape index (κ2) is 6.23. The van der Waals surface area contributed by atoms with Gasteiger partial charge in [-0.3, -0.25) is 0 Å². The number of piperidine rings is 1. The van der Waals surface area contributed by atoms with Crippen molar-refractivity contribution in [1.29, 1.82) is 5.26 Å². The number of rotatable bonds is 3. The Morgan fingerprint density at radius 1 is 1.23 bits per heavy atom. The van der Waals surface area contributed by atoms with Crippen molar-refractivity contribution in [2.24, 2.45) is 11.8 Å². The first-order valence-electron chi connectivity index (χ1n) is 7.84. The molecule has 0 saturated carbocycles. The zero-order valence-electron chi connectivity index (χ0n) is 13.1. The minimum absolute atomic E-state index is 0.409. The number of anilines is 1. The van der Waals surface area contributed by atoms with Crippen LogP contribution >= 0.6 is 0 Å². The van der Waals surface area contributed by atoms with Crippen LogP contribution < -0.4 is 4.90 Å². The molecular weight excluding hydrogens is 274 g/mol. The van der Waals surface area contributed by atoms with Gasteiger partial charge in [-0.25, -0.2) is 4.98 Å². The molecule has 1 aliphatic rings. The Labute approximate surface area is 131 Å². The molecule has 1 aromatic heterocycles. The van der Waals surface area contributed by atoms with Crippen LogP contribution in [-0.2, 0) is 6.42 Å². The fourth-order valence-corrected chi connectivity index (χ4v) is 3.32. The first kappa shape index (κ1) is 14.6. The van der Waals surface area contributed by atoms with Crippen molar-refractivity contribution in [3.63, 3.8) is 0 Å². The van der Waals surface area contributed by atoms with Crippen LogP contribution in [0.5, 0.6) is 0 Å². The van der Waals surface area contributed by atoms with Crippen LogP contribution in [0, 0.1) is 23.2 Å². The summed E-state index contributed by atoms with van der Waals surface area (Å²) in [4.78, 5) is 6.56. The lowest BCUT2D eigenvalue weighted by Gasteiger charge is -2.34. The van der Waals surface area contributed by atoms with Gasteiger partial charge in [-0.15, -0.1) is 0 Å². The topological polar surface area (TPSA) is 53.1 Å². The smallest absolute Gasteiger partial charge is 0.234 e. The summed E-state index contributed by atoms with van der Waals surface area (Å²) in [7, 11) is 0. The Bertz CT molecular complexity index is 661. The molecule has 1 aromatic carbocycles. The number of nitrogens with zero attached hydrogens (tertiary/aromatic N) is 3. The summed E-state index contributed by atoms with van der Waals surface area (Å²) in [5, 5.41) is 9.36. The molecule has 0 bridgehead atoms. The van der Waals surface area contributed by atoms with Gasteiger partial charge in [0.15, 0.2) is 0 Å². The van der Waals surface area contributed by atoms with Gasteiger partial charge in [0.2, 0.25) is 17.5 Å². The second-order valence-corrected chi connectivity index (χ2v) is 6.39. The molecule has 2 aromatic rings. The highest BCUT2D eigenvalue weighted by Gasteiger charge is 2.27. The van der Waals surface area contributed by atoms with Crippen molar-refractivity contribution in [2.45, 2.75) is 26.7 Å². The fourth-order valence-electron chi connectivity index (χ4n) is 3.32. The summed E-state index contributed by atoms with van der Waals surface area (Å²) in [6.45, 7) is 6.35. The standard InChI is InChI=1S/C18H21N3O/c1-13-8-14(2)12-21(11-13)18-16(10-19)20-17(22-18)9-15-6-4-3-5-7-15/h3-7,13-14H,8-9,11-12H2,1-2H3/t13-,14-/m1/s1. The van der Waals surface area contributed by atoms with Gasteiger partial charge in [0.1, 0.15) is 6.07 Å². The largest absolute Gasteiger partial charge is 0.423 e. The molecule has 1 fully saturated rings. The van der Waals surface area contributed by atoms with E-state index in [1.807, 2.05) is 30.3 Å². The van der Waals surface area contributed by atoms with Crippen molar-refractivity contribution >= 4 is 5.88 Å². The van der Waals surface area contributed by atoms with E-state index in [1.165, 1.54) is 6.42 Å². The summed E-state index contributed by atoms with van der Waals surface area (Å²) in [6.07, 6.45) is 1.85. The van der Waals surface area contributed by atoms with Crippen LogP contribution in [0.3, 0.4) is 0 Å². The van der Waals surface area contributed by atoms with E-state index in [4.69, 9.17) is 4.42 Å². The molecule has 4 nitrogen and oxygen atoms in total. The highest BCUT2D eigenvalue weighted by Crippen LogP contribution is 2.29. The normalized spacial score (nSPS) is 21.6. The maximum atomic E-state index is 9.36. The van der Waals surface area contributed by atoms with Gasteiger partial charge < -0.3 is 9.32 Å². The summed E-state index contributed by atoms with van der Waals surface area (Å²) in [6, 6.07) is 12.3. The molecule has 22 heavy (non-hydrogen) atoms. The molecule has 2 atom stereocenters. The summed E-state index contributed by atoms with van der Waals surface area (Å²) < 4.78 is 5.94. The van der Waals surface area contributed by atoms with E-state index in [-0.39, 0.29) is 0 Å². The third kappa shape index (κ3) is 3.14. The molecule has 0 amide bonds. The van der Waals surface area contributed by atoms with Crippen LogP contribution in [0.2, 0.25) is 0 Å². The predicted molar refractivity (Wildman–Crippen MR) is 85.6 cm³/mol. The van der Waals surface area contributed by atoms with Gasteiger partial charge in [-0.05, 0) is 23.8 Å². The molecule has 0 N–H and O–H groups in total. The fraction of sp³-hybridized carbons (Fsp3) is 0.444. The lowest BCUT2D eigenvalue weighted by atomic mass is 9.92. The van der Waals surface area contributed by atoms with E-state index in [2.05, 4.69) is 29.8 Å². The number of benzene rings is 1. The Kier molecular flexibility index (Phi) is 4.15. The van der Waals surface area contributed by atoms with Gasteiger partial charge in [-0.2, -0.15) is 5.26 Å². The molecule has 4 heteroatoms. The van der Waals surface area contributed by atoms with Gasteiger partial charge in [0.05, 0.1) is 0 Å². The molecule has 3 rings (SSSR count). The van der Waals surface area contributed by atoms with E-state index in [0.29, 0.717) is 35.7 Å². The average Bonchev–Trinajstić information content (AvgIpc) is 2.90. The second-order valence-electron chi connectivity index (χ2n) is 6.39. The number of aromatic nitrogens is 1. The predicted octanol–water partition coefficient (Wildman–Crippen LogP) is 3.62. The van der Waals surface area contributed by atoms with Crippen molar-refractivity contribution in [3.8, 4) is 6.07 Å². The molecule has 0 spiro atoms. The lowest BCUT2D eigenvalue weighted by molar-refractivity contribution is 0.341. The highest BCUT2D eigenvalue weighted by molar-refractivity contribution is 5.48. The summed E-state index contributed by atoms with van der Waals surface area (Å²) in [5.41, 5.74) is 1.55. The van der Waals surface area contributed by atoms with E-state index < -0.39 is 0 Å². The molecule has 0 unspecified atom stereocenters. The Hall–Kier alpha value is -2.28. The van der Waals surface area contributed by atoms with Crippen LogP contribution in [0.4, 0.5) is 5.88 Å². The van der Waals surface area contributed by atoms with Gasteiger partial charge in [0, 0.05) is 19.5 Å². The number of nitriles is 1. The zero-order chi connectivity index (χ0) is 15.5. The van der Waals surface area contributed by atoms with E-state index in [9.17, 15) is 5.26 Å². The van der Waals surface area contributed by atoms with Crippen LogP contribution in [0.25, 0.3) is 0 Å². The first-order chi connectivity index (χ1) is 10.7. The molecule has 0 radical (unpaired) electrons. The Morgan fingerprint density at radius 3 is 2.55 bits per heavy atom. The van der Waals surface area contributed by atoms with Crippen molar-refractivity contribution in [1.82, 2.24) is 4.98 Å². The average molecular weight is 295 g/mol. The van der Waals surface area contributed by atoms with E-state index >= 15 is 0 Å². The minimum Gasteiger partial charge on any atom is -0.423 e. The molecule has 2 heterocycles. The molecular formula is C18H21N3O. The third-order valence-electron chi connectivity index (χ3n) is 4.11. The molecule has 1 saturated heterocycles. The summed E-state index contributed by atoms with van der Waals surface area (Å²) in [5.74, 6) is 2.48. The highest BCUT2D eigenvalue weighted by atomic mass is 16.4. The van der Waals surface area contributed by atoms with Crippen molar-refractivity contribution < 1.29 is 4.42 Å². The number of hydrogen-bond donors (Lipinski definition) is 0. The van der Waals surface area contributed by atoms with Crippen molar-refractivity contribution in [2.75, 3.05) is 18.0 Å². The lowest BCUT2D eigenvalue weighted by Crippen LogP contribution is -2.38. The molecule has 0 aliphatic carbocycles. The monoisotopic (exact) mass is 295 g/mol. The zero-order valence-corrected chi connectivity index (χ0v) is 13.1. The van der Waals surface area contributed by atoms with Crippen molar-refractivity contribution in [3.05, 3.63) is 47.5 Å².